The maximum absolute atomic E-state index is 13.3. The van der Waals surface area contributed by atoms with E-state index in [1.54, 1.807) is 10.6 Å². The van der Waals surface area contributed by atoms with Crippen molar-refractivity contribution in [2.24, 2.45) is 0 Å². The maximum Gasteiger partial charge on any atom is 0.266 e. The topological polar surface area (TPSA) is 64.0 Å². The zero-order valence-electron chi connectivity index (χ0n) is 16.7. The maximum atomic E-state index is 13.3. The number of carbonyl (C=O) groups excluding carboxylic acids is 1. The molecule has 146 valence electrons. The van der Waals surface area contributed by atoms with Gasteiger partial charge in [-0.1, -0.05) is 48.5 Å². The van der Waals surface area contributed by atoms with Crippen LogP contribution in [0.5, 0.6) is 0 Å². The number of benzene rings is 2. The number of nitrogens with zero attached hydrogens (tertiary/aromatic N) is 2. The summed E-state index contributed by atoms with van der Waals surface area (Å²) in [6, 6.07) is 13.4. The van der Waals surface area contributed by atoms with Crippen molar-refractivity contribution >= 4 is 28.6 Å². The predicted molar refractivity (Wildman–Crippen MR) is 115 cm³/mol. The lowest BCUT2D eigenvalue weighted by atomic mass is 10.1. The van der Waals surface area contributed by atoms with E-state index < -0.39 is 0 Å². The molecule has 0 unspecified atom stereocenters. The quantitative estimate of drug-likeness (QED) is 0.506. The molecule has 0 aliphatic heterocycles. The minimum absolute atomic E-state index is 0.0612. The largest absolute Gasteiger partial charge is 0.353 e. The molecule has 1 atom stereocenters. The highest BCUT2D eigenvalue weighted by Gasteiger charge is 2.16. The van der Waals surface area contributed by atoms with Crippen molar-refractivity contribution in [2.75, 3.05) is 5.75 Å². The van der Waals surface area contributed by atoms with Gasteiger partial charge in [-0.3, -0.25) is 14.2 Å². The Hall–Kier alpha value is -2.60. The molecule has 28 heavy (non-hydrogen) atoms. The summed E-state index contributed by atoms with van der Waals surface area (Å²) < 4.78 is 1.62. The third-order valence-electron chi connectivity index (χ3n) is 4.69. The van der Waals surface area contributed by atoms with Crippen LogP contribution in [0.15, 0.2) is 52.4 Å². The van der Waals surface area contributed by atoms with Gasteiger partial charge in [0.05, 0.1) is 22.3 Å². The standard InChI is InChI=1S/C22H25N3O2S/c1-5-16(4)23-20(26)13-28-22-24-18-9-7-6-8-17(18)21(27)25(22)19-11-10-14(2)12-15(19)3/h6-12,16H,5,13H2,1-4H3,(H,23,26)/t16-/m1/s1. The summed E-state index contributed by atoms with van der Waals surface area (Å²) >= 11 is 1.28. The van der Waals surface area contributed by atoms with Crippen molar-refractivity contribution in [1.82, 2.24) is 14.9 Å². The Bertz CT molecular complexity index is 1080. The molecule has 0 aliphatic carbocycles. The van der Waals surface area contributed by atoms with E-state index in [2.05, 4.69) is 5.32 Å². The summed E-state index contributed by atoms with van der Waals surface area (Å²) in [6.45, 7) is 8.00. The first-order chi connectivity index (χ1) is 13.4. The van der Waals surface area contributed by atoms with Gasteiger partial charge in [0, 0.05) is 6.04 Å². The molecular weight excluding hydrogens is 370 g/mol. The zero-order chi connectivity index (χ0) is 20.3. The predicted octanol–water partition coefficient (Wildman–Crippen LogP) is 4.01. The Kier molecular flexibility index (Phi) is 6.19. The number of amides is 1. The highest BCUT2D eigenvalue weighted by atomic mass is 32.2. The lowest BCUT2D eigenvalue weighted by Crippen LogP contribution is -2.33. The zero-order valence-corrected chi connectivity index (χ0v) is 17.5. The second-order valence-corrected chi connectivity index (χ2v) is 7.95. The molecule has 0 saturated heterocycles. The number of rotatable bonds is 6. The monoisotopic (exact) mass is 395 g/mol. The smallest absolute Gasteiger partial charge is 0.266 e. The lowest BCUT2D eigenvalue weighted by Gasteiger charge is -2.16. The molecule has 0 aliphatic rings. The lowest BCUT2D eigenvalue weighted by molar-refractivity contribution is -0.119. The van der Waals surface area contributed by atoms with Gasteiger partial charge >= 0.3 is 0 Å². The van der Waals surface area contributed by atoms with Crippen molar-refractivity contribution in [3.05, 3.63) is 63.9 Å². The number of aromatic nitrogens is 2. The first-order valence-electron chi connectivity index (χ1n) is 9.42. The molecule has 1 amide bonds. The van der Waals surface area contributed by atoms with Crippen LogP contribution in [0.25, 0.3) is 16.6 Å². The van der Waals surface area contributed by atoms with E-state index in [1.165, 1.54) is 11.8 Å². The molecule has 0 spiro atoms. The Labute approximate surface area is 169 Å². The molecule has 1 heterocycles. The number of aryl methyl sites for hydroxylation is 2. The average Bonchev–Trinajstić information content (AvgIpc) is 2.67. The van der Waals surface area contributed by atoms with Crippen LogP contribution in [0.2, 0.25) is 0 Å². The molecule has 1 N–H and O–H groups in total. The van der Waals surface area contributed by atoms with E-state index in [4.69, 9.17) is 4.98 Å². The highest BCUT2D eigenvalue weighted by Crippen LogP contribution is 2.23. The van der Waals surface area contributed by atoms with Crippen molar-refractivity contribution in [3.8, 4) is 5.69 Å². The molecule has 0 fully saturated rings. The number of thioether (sulfide) groups is 1. The van der Waals surface area contributed by atoms with Gasteiger partial charge in [0.25, 0.3) is 5.56 Å². The fourth-order valence-corrected chi connectivity index (χ4v) is 3.84. The van der Waals surface area contributed by atoms with Gasteiger partial charge in [0.15, 0.2) is 5.16 Å². The fraction of sp³-hybridized carbons (Fsp3) is 0.318. The number of fused-ring (bicyclic) bond motifs is 1. The summed E-state index contributed by atoms with van der Waals surface area (Å²) in [5.41, 5.74) is 3.43. The normalized spacial score (nSPS) is 12.1. The van der Waals surface area contributed by atoms with Gasteiger partial charge in [0.2, 0.25) is 5.91 Å². The molecule has 0 radical (unpaired) electrons. The average molecular weight is 396 g/mol. The SMILES string of the molecule is CC[C@@H](C)NC(=O)CSc1nc2ccccc2c(=O)n1-c1ccc(C)cc1C. The van der Waals surface area contributed by atoms with Crippen LogP contribution in [0, 0.1) is 13.8 Å². The first kappa shape index (κ1) is 20.1. The first-order valence-corrected chi connectivity index (χ1v) is 10.4. The minimum Gasteiger partial charge on any atom is -0.353 e. The third kappa shape index (κ3) is 4.28. The van der Waals surface area contributed by atoms with Gasteiger partial charge < -0.3 is 5.32 Å². The summed E-state index contributed by atoms with van der Waals surface area (Å²) in [4.78, 5) is 30.2. The van der Waals surface area contributed by atoms with Crippen LogP contribution >= 0.6 is 11.8 Å². The molecule has 3 aromatic rings. The van der Waals surface area contributed by atoms with E-state index in [-0.39, 0.29) is 23.3 Å². The second-order valence-electron chi connectivity index (χ2n) is 7.01. The Balaban J connectivity index is 2.07. The van der Waals surface area contributed by atoms with Crippen molar-refractivity contribution in [1.29, 1.82) is 0 Å². The van der Waals surface area contributed by atoms with Gasteiger partial charge in [0.1, 0.15) is 0 Å². The van der Waals surface area contributed by atoms with E-state index in [0.717, 1.165) is 23.2 Å². The molecule has 0 saturated carbocycles. The summed E-state index contributed by atoms with van der Waals surface area (Å²) in [6.07, 6.45) is 0.873. The van der Waals surface area contributed by atoms with E-state index >= 15 is 0 Å². The number of hydrogen-bond donors (Lipinski definition) is 1. The van der Waals surface area contributed by atoms with Gasteiger partial charge in [-0.2, -0.15) is 0 Å². The molecular formula is C22H25N3O2S. The summed E-state index contributed by atoms with van der Waals surface area (Å²) in [7, 11) is 0. The van der Waals surface area contributed by atoms with Crippen LogP contribution < -0.4 is 10.9 Å². The van der Waals surface area contributed by atoms with Crippen molar-refractivity contribution < 1.29 is 4.79 Å². The van der Waals surface area contributed by atoms with Gasteiger partial charge in [-0.25, -0.2) is 4.98 Å². The Morgan fingerprint density at radius 2 is 1.96 bits per heavy atom. The van der Waals surface area contributed by atoms with Gasteiger partial charge in [-0.05, 0) is 51.0 Å². The van der Waals surface area contributed by atoms with Crippen LogP contribution in [0.3, 0.4) is 0 Å². The number of carbonyl (C=O) groups is 1. The molecule has 0 bridgehead atoms. The van der Waals surface area contributed by atoms with Crippen LogP contribution in [0.4, 0.5) is 0 Å². The number of para-hydroxylation sites is 1. The Morgan fingerprint density at radius 1 is 1.21 bits per heavy atom. The third-order valence-corrected chi connectivity index (χ3v) is 5.63. The number of nitrogens with one attached hydrogen (secondary N) is 1. The van der Waals surface area contributed by atoms with Crippen molar-refractivity contribution in [2.45, 2.75) is 45.3 Å². The van der Waals surface area contributed by atoms with E-state index in [0.29, 0.717) is 16.1 Å². The van der Waals surface area contributed by atoms with Crippen LogP contribution in [0.1, 0.15) is 31.4 Å². The molecule has 1 aromatic heterocycles. The van der Waals surface area contributed by atoms with Crippen LogP contribution in [-0.4, -0.2) is 27.3 Å². The fourth-order valence-electron chi connectivity index (χ4n) is 3.03. The second kappa shape index (κ2) is 8.61. The summed E-state index contributed by atoms with van der Waals surface area (Å²) in [5.74, 6) is 0.147. The molecule has 5 nitrogen and oxygen atoms in total. The van der Waals surface area contributed by atoms with Crippen molar-refractivity contribution in [3.63, 3.8) is 0 Å². The van der Waals surface area contributed by atoms with E-state index in [1.807, 2.05) is 64.1 Å². The molecule has 2 aromatic carbocycles. The Morgan fingerprint density at radius 3 is 2.68 bits per heavy atom. The summed E-state index contributed by atoms with van der Waals surface area (Å²) in [5, 5.41) is 4.04. The van der Waals surface area contributed by atoms with Gasteiger partial charge in [-0.15, -0.1) is 0 Å². The minimum atomic E-state index is -0.123. The van der Waals surface area contributed by atoms with E-state index in [9.17, 15) is 9.59 Å². The molecule has 3 rings (SSSR count). The van der Waals surface area contributed by atoms with Crippen LogP contribution in [-0.2, 0) is 4.79 Å². The molecule has 6 heteroatoms. The highest BCUT2D eigenvalue weighted by molar-refractivity contribution is 7.99. The number of hydrogen-bond acceptors (Lipinski definition) is 4.